The quantitative estimate of drug-likeness (QED) is 0.885. The fraction of sp³-hybridized carbons (Fsp3) is 0.333. The zero-order valence-electron chi connectivity index (χ0n) is 11.9. The van der Waals surface area contributed by atoms with Crippen molar-refractivity contribution in [2.75, 3.05) is 6.54 Å². The zero-order valence-corrected chi connectivity index (χ0v) is 11.9. The molecule has 0 saturated heterocycles. The first-order chi connectivity index (χ1) is 10.2. The van der Waals surface area contributed by atoms with Crippen LogP contribution in [0.1, 0.15) is 29.2 Å². The Hall–Kier alpha value is -1.71. The molecule has 110 valence electrons. The van der Waals surface area contributed by atoms with Crippen molar-refractivity contribution in [3.63, 3.8) is 0 Å². The van der Waals surface area contributed by atoms with Gasteiger partial charge in [-0.25, -0.2) is 4.39 Å². The summed E-state index contributed by atoms with van der Waals surface area (Å²) in [6.45, 7) is 0.523. The van der Waals surface area contributed by atoms with Gasteiger partial charge in [0.25, 0.3) is 0 Å². The van der Waals surface area contributed by atoms with Crippen molar-refractivity contribution < 1.29 is 9.50 Å². The summed E-state index contributed by atoms with van der Waals surface area (Å²) in [6, 6.07) is 15.1. The maximum absolute atomic E-state index is 13.3. The molecule has 2 nitrogen and oxygen atoms in total. The van der Waals surface area contributed by atoms with Gasteiger partial charge in [-0.1, -0.05) is 36.4 Å². The van der Waals surface area contributed by atoms with Gasteiger partial charge < -0.3 is 10.4 Å². The molecule has 1 aliphatic carbocycles. The Morgan fingerprint density at radius 1 is 1.19 bits per heavy atom. The highest BCUT2D eigenvalue weighted by atomic mass is 19.1. The van der Waals surface area contributed by atoms with E-state index in [2.05, 4.69) is 5.32 Å². The second kappa shape index (κ2) is 6.37. The van der Waals surface area contributed by atoms with Gasteiger partial charge in [0.1, 0.15) is 5.82 Å². The molecule has 3 rings (SSSR count). The summed E-state index contributed by atoms with van der Waals surface area (Å²) < 4.78 is 13.3. The van der Waals surface area contributed by atoms with E-state index in [1.807, 2.05) is 36.4 Å². The molecule has 0 saturated carbocycles. The van der Waals surface area contributed by atoms with E-state index in [-0.39, 0.29) is 11.9 Å². The fourth-order valence-electron chi connectivity index (χ4n) is 3.02. The van der Waals surface area contributed by atoms with Crippen molar-refractivity contribution in [3.05, 3.63) is 71.0 Å². The predicted molar refractivity (Wildman–Crippen MR) is 81.6 cm³/mol. The molecule has 0 heterocycles. The molecule has 2 aromatic carbocycles. The third kappa shape index (κ3) is 3.49. The lowest BCUT2D eigenvalue weighted by Crippen LogP contribution is -2.30. The number of aliphatic hydroxyl groups is 1. The second-order valence-corrected chi connectivity index (χ2v) is 5.69. The van der Waals surface area contributed by atoms with Crippen LogP contribution in [0.15, 0.2) is 48.5 Å². The Bertz CT molecular complexity index is 599. The Morgan fingerprint density at radius 2 is 2.00 bits per heavy atom. The lowest BCUT2D eigenvalue weighted by atomic mass is 10.1. The molecule has 2 atom stereocenters. The lowest BCUT2D eigenvalue weighted by molar-refractivity contribution is 0.167. The Balaban J connectivity index is 1.56. The number of fused-ring (bicyclic) bond motifs is 1. The highest BCUT2D eigenvalue weighted by Crippen LogP contribution is 2.31. The highest BCUT2D eigenvalue weighted by Gasteiger charge is 2.23. The van der Waals surface area contributed by atoms with Crippen LogP contribution in [0.3, 0.4) is 0 Å². The van der Waals surface area contributed by atoms with Crippen LogP contribution >= 0.6 is 0 Å². The Kier molecular flexibility index (Phi) is 4.32. The molecular weight excluding hydrogens is 265 g/mol. The zero-order chi connectivity index (χ0) is 14.7. The molecule has 0 fully saturated rings. The summed E-state index contributed by atoms with van der Waals surface area (Å²) in [5.41, 5.74) is 3.39. The average molecular weight is 285 g/mol. The molecule has 2 unspecified atom stereocenters. The maximum Gasteiger partial charge on any atom is 0.123 e. The molecular formula is C18H20FNO. The van der Waals surface area contributed by atoms with Crippen molar-refractivity contribution in [3.8, 4) is 0 Å². The number of halogens is 1. The first-order valence-corrected chi connectivity index (χ1v) is 7.46. The monoisotopic (exact) mass is 285 g/mol. The minimum atomic E-state index is -0.426. The summed E-state index contributed by atoms with van der Waals surface area (Å²) in [7, 11) is 0. The van der Waals surface area contributed by atoms with Crippen LogP contribution in [0.25, 0.3) is 0 Å². The molecule has 3 heteroatoms. The van der Waals surface area contributed by atoms with Gasteiger partial charge in [0.05, 0.1) is 6.10 Å². The number of nitrogens with one attached hydrogen (secondary N) is 1. The minimum Gasteiger partial charge on any atom is -0.391 e. The summed E-state index contributed by atoms with van der Waals surface area (Å²) in [5, 5.41) is 13.5. The number of rotatable bonds is 5. The summed E-state index contributed by atoms with van der Waals surface area (Å²) in [5.74, 6) is -0.188. The van der Waals surface area contributed by atoms with Crippen LogP contribution in [-0.4, -0.2) is 17.8 Å². The van der Waals surface area contributed by atoms with E-state index in [1.54, 1.807) is 6.07 Å². The van der Waals surface area contributed by atoms with Crippen LogP contribution in [0.5, 0.6) is 0 Å². The summed E-state index contributed by atoms with van der Waals surface area (Å²) in [6.07, 6.45) is 2.15. The molecule has 0 spiro atoms. The third-order valence-electron chi connectivity index (χ3n) is 4.10. The fourth-order valence-corrected chi connectivity index (χ4v) is 3.02. The predicted octanol–water partition coefficient (Wildman–Crippen LogP) is 3.01. The molecule has 0 amide bonds. The first kappa shape index (κ1) is 14.2. The summed E-state index contributed by atoms with van der Waals surface area (Å²) >= 11 is 0. The van der Waals surface area contributed by atoms with E-state index in [1.165, 1.54) is 11.6 Å². The topological polar surface area (TPSA) is 32.3 Å². The summed E-state index contributed by atoms with van der Waals surface area (Å²) in [4.78, 5) is 0. The minimum absolute atomic E-state index is 0.154. The molecule has 21 heavy (non-hydrogen) atoms. The van der Waals surface area contributed by atoms with Gasteiger partial charge in [0.2, 0.25) is 0 Å². The standard InChI is InChI=1S/C18H20FNO/c19-15-8-6-14-7-9-18(17(14)11-15)20-12-16(21)10-13-4-2-1-3-5-13/h1-6,8,11,16,18,20-21H,7,9-10,12H2. The second-order valence-electron chi connectivity index (χ2n) is 5.69. The maximum atomic E-state index is 13.3. The van der Waals surface area contributed by atoms with E-state index in [0.717, 1.165) is 24.0 Å². The normalized spacial score (nSPS) is 18.5. The number of hydrogen-bond acceptors (Lipinski definition) is 2. The van der Waals surface area contributed by atoms with Crippen LogP contribution in [-0.2, 0) is 12.8 Å². The van der Waals surface area contributed by atoms with Crippen LogP contribution in [0, 0.1) is 5.82 Å². The lowest BCUT2D eigenvalue weighted by Gasteiger charge is -2.17. The van der Waals surface area contributed by atoms with E-state index in [4.69, 9.17) is 0 Å². The van der Waals surface area contributed by atoms with Crippen LogP contribution < -0.4 is 5.32 Å². The SMILES string of the molecule is OC(CNC1CCc2ccc(F)cc21)Cc1ccccc1. The van der Waals surface area contributed by atoms with Crippen LogP contribution in [0.4, 0.5) is 4.39 Å². The molecule has 0 aromatic heterocycles. The number of aliphatic hydroxyl groups excluding tert-OH is 1. The smallest absolute Gasteiger partial charge is 0.123 e. The van der Waals surface area contributed by atoms with Crippen LogP contribution in [0.2, 0.25) is 0 Å². The first-order valence-electron chi connectivity index (χ1n) is 7.46. The van der Waals surface area contributed by atoms with Crippen molar-refractivity contribution >= 4 is 0 Å². The Labute approximate surface area is 124 Å². The molecule has 0 radical (unpaired) electrons. The van der Waals surface area contributed by atoms with Gasteiger partial charge in [-0.2, -0.15) is 0 Å². The van der Waals surface area contributed by atoms with E-state index >= 15 is 0 Å². The van der Waals surface area contributed by atoms with Crippen molar-refractivity contribution in [2.45, 2.75) is 31.4 Å². The number of hydrogen-bond donors (Lipinski definition) is 2. The van der Waals surface area contributed by atoms with E-state index in [9.17, 15) is 9.50 Å². The largest absolute Gasteiger partial charge is 0.391 e. The third-order valence-corrected chi connectivity index (χ3v) is 4.10. The number of benzene rings is 2. The molecule has 0 aliphatic heterocycles. The van der Waals surface area contributed by atoms with Gasteiger partial charge in [-0.15, -0.1) is 0 Å². The van der Waals surface area contributed by atoms with E-state index < -0.39 is 6.10 Å². The van der Waals surface area contributed by atoms with Gasteiger partial charge >= 0.3 is 0 Å². The van der Waals surface area contributed by atoms with E-state index in [0.29, 0.717) is 13.0 Å². The van der Waals surface area contributed by atoms with Gasteiger partial charge in [0.15, 0.2) is 0 Å². The molecule has 1 aliphatic rings. The van der Waals surface area contributed by atoms with Gasteiger partial charge in [-0.3, -0.25) is 0 Å². The highest BCUT2D eigenvalue weighted by molar-refractivity contribution is 5.35. The molecule has 0 bridgehead atoms. The number of aryl methyl sites for hydroxylation is 1. The van der Waals surface area contributed by atoms with Gasteiger partial charge in [0, 0.05) is 12.6 Å². The van der Waals surface area contributed by atoms with Gasteiger partial charge in [-0.05, 0) is 48.1 Å². The molecule has 2 N–H and O–H groups in total. The Morgan fingerprint density at radius 3 is 2.81 bits per heavy atom. The van der Waals surface area contributed by atoms with Crippen molar-refractivity contribution in [1.82, 2.24) is 5.32 Å². The molecule has 2 aromatic rings. The average Bonchev–Trinajstić information content (AvgIpc) is 2.88. The van der Waals surface area contributed by atoms with Crippen molar-refractivity contribution in [1.29, 1.82) is 0 Å². The van der Waals surface area contributed by atoms with Crippen molar-refractivity contribution in [2.24, 2.45) is 0 Å².